The predicted molar refractivity (Wildman–Crippen MR) is 102 cm³/mol. The molecule has 2 heterocycles. The fourth-order valence-corrected chi connectivity index (χ4v) is 3.02. The number of nitrogens with two attached hydrogens (primary N) is 1. The number of benzene rings is 1. The molecule has 1 aromatic carbocycles. The Morgan fingerprint density at radius 3 is 2.31 bits per heavy atom. The van der Waals surface area contributed by atoms with E-state index in [2.05, 4.69) is 25.6 Å². The quantitative estimate of drug-likeness (QED) is 0.497. The maximum atomic E-state index is 12.6. The molecule has 154 valence electrons. The standard InChI is InChI=1S/C16H14ClF3N6O2S/c17-12-6-5-11-13(25-12)14(23-8-16(18,19)20)26-15(24-11)22-7-9-1-3-10(4-2-9)29(21,27)28/h1-6H,7-8H2,(H2,21,27,28)(H2,22,23,24,26). The normalized spacial score (nSPS) is 12.2. The van der Waals surface area contributed by atoms with Crippen molar-refractivity contribution in [2.75, 3.05) is 17.2 Å². The number of hydrogen-bond donors (Lipinski definition) is 3. The highest BCUT2D eigenvalue weighted by atomic mass is 35.5. The summed E-state index contributed by atoms with van der Waals surface area (Å²) >= 11 is 5.82. The number of hydrogen-bond acceptors (Lipinski definition) is 7. The van der Waals surface area contributed by atoms with E-state index < -0.39 is 22.7 Å². The number of rotatable bonds is 6. The predicted octanol–water partition coefficient (Wildman–Crippen LogP) is 2.91. The van der Waals surface area contributed by atoms with Crippen molar-refractivity contribution in [2.45, 2.75) is 17.6 Å². The van der Waals surface area contributed by atoms with E-state index in [1.807, 2.05) is 0 Å². The summed E-state index contributed by atoms with van der Waals surface area (Å²) in [6.45, 7) is -1.11. The van der Waals surface area contributed by atoms with Crippen molar-refractivity contribution in [2.24, 2.45) is 5.14 Å². The number of pyridine rings is 1. The number of aromatic nitrogens is 3. The van der Waals surface area contributed by atoms with Crippen LogP contribution in [0.15, 0.2) is 41.3 Å². The molecule has 29 heavy (non-hydrogen) atoms. The molecule has 0 atom stereocenters. The number of anilines is 2. The van der Waals surface area contributed by atoms with Crippen LogP contribution in [0, 0.1) is 0 Å². The van der Waals surface area contributed by atoms with Gasteiger partial charge in [0, 0.05) is 6.54 Å². The van der Waals surface area contributed by atoms with Crippen LogP contribution in [0.4, 0.5) is 24.9 Å². The van der Waals surface area contributed by atoms with Gasteiger partial charge in [-0.1, -0.05) is 23.7 Å². The van der Waals surface area contributed by atoms with Crippen molar-refractivity contribution in [1.82, 2.24) is 15.0 Å². The number of primary sulfonamides is 1. The van der Waals surface area contributed by atoms with Crippen molar-refractivity contribution < 1.29 is 21.6 Å². The Kier molecular flexibility index (Phi) is 5.78. The van der Waals surface area contributed by atoms with Gasteiger partial charge in [0.05, 0.1) is 10.4 Å². The highest BCUT2D eigenvalue weighted by Crippen LogP contribution is 2.24. The maximum Gasteiger partial charge on any atom is 0.405 e. The Hall–Kier alpha value is -2.70. The summed E-state index contributed by atoms with van der Waals surface area (Å²) in [7, 11) is -3.80. The van der Waals surface area contributed by atoms with Crippen LogP contribution >= 0.6 is 11.6 Å². The number of alkyl halides is 3. The molecule has 2 aromatic heterocycles. The molecule has 0 amide bonds. The van der Waals surface area contributed by atoms with Gasteiger partial charge in [-0.05, 0) is 29.8 Å². The molecule has 3 aromatic rings. The Morgan fingerprint density at radius 1 is 1.00 bits per heavy atom. The van der Waals surface area contributed by atoms with E-state index in [0.29, 0.717) is 11.1 Å². The summed E-state index contributed by atoms with van der Waals surface area (Å²) < 4.78 is 60.3. The Morgan fingerprint density at radius 2 is 1.69 bits per heavy atom. The zero-order valence-electron chi connectivity index (χ0n) is 14.5. The van der Waals surface area contributed by atoms with Gasteiger partial charge in [-0.3, -0.25) is 0 Å². The van der Waals surface area contributed by atoms with Crippen LogP contribution in [0.5, 0.6) is 0 Å². The first-order chi connectivity index (χ1) is 13.5. The average Bonchev–Trinajstić information content (AvgIpc) is 2.63. The first-order valence-corrected chi connectivity index (χ1v) is 9.94. The zero-order valence-corrected chi connectivity index (χ0v) is 16.1. The average molecular weight is 447 g/mol. The van der Waals surface area contributed by atoms with Crippen LogP contribution in [0.2, 0.25) is 5.15 Å². The molecule has 0 unspecified atom stereocenters. The molecule has 0 saturated carbocycles. The van der Waals surface area contributed by atoms with Crippen LogP contribution in [-0.2, 0) is 16.6 Å². The first-order valence-electron chi connectivity index (χ1n) is 8.02. The molecule has 8 nitrogen and oxygen atoms in total. The lowest BCUT2D eigenvalue weighted by atomic mass is 10.2. The van der Waals surface area contributed by atoms with Crippen molar-refractivity contribution in [3.63, 3.8) is 0 Å². The fourth-order valence-electron chi connectivity index (χ4n) is 2.35. The number of fused-ring (bicyclic) bond motifs is 1. The lowest BCUT2D eigenvalue weighted by molar-refractivity contribution is -0.115. The van der Waals surface area contributed by atoms with Crippen LogP contribution in [0.1, 0.15) is 5.56 Å². The minimum Gasteiger partial charge on any atom is -0.359 e. The van der Waals surface area contributed by atoms with E-state index in [4.69, 9.17) is 16.7 Å². The van der Waals surface area contributed by atoms with E-state index in [9.17, 15) is 21.6 Å². The molecule has 0 aliphatic carbocycles. The van der Waals surface area contributed by atoms with Gasteiger partial charge in [0.15, 0.2) is 5.82 Å². The van der Waals surface area contributed by atoms with Crippen LogP contribution in [0.3, 0.4) is 0 Å². The van der Waals surface area contributed by atoms with Gasteiger partial charge < -0.3 is 10.6 Å². The Labute approximate surface area is 168 Å². The van der Waals surface area contributed by atoms with E-state index >= 15 is 0 Å². The lowest BCUT2D eigenvalue weighted by Gasteiger charge is -2.13. The summed E-state index contributed by atoms with van der Waals surface area (Å²) in [4.78, 5) is 12.2. The molecule has 0 spiro atoms. The molecule has 13 heteroatoms. The van der Waals surface area contributed by atoms with Crippen molar-refractivity contribution >= 4 is 44.4 Å². The van der Waals surface area contributed by atoms with Crippen molar-refractivity contribution in [3.05, 3.63) is 47.1 Å². The molecule has 0 bridgehead atoms. The van der Waals surface area contributed by atoms with Gasteiger partial charge >= 0.3 is 6.18 Å². The second-order valence-corrected chi connectivity index (χ2v) is 7.86. The number of sulfonamides is 1. The second kappa shape index (κ2) is 7.97. The molecule has 0 radical (unpaired) electrons. The second-order valence-electron chi connectivity index (χ2n) is 5.91. The minimum atomic E-state index is -4.45. The Balaban J connectivity index is 1.84. The lowest BCUT2D eigenvalue weighted by Crippen LogP contribution is -2.22. The molecule has 3 rings (SSSR count). The van der Waals surface area contributed by atoms with Gasteiger partial charge in [0.1, 0.15) is 17.2 Å². The third kappa shape index (κ3) is 5.65. The SMILES string of the molecule is NS(=O)(=O)c1ccc(CNc2nc(NCC(F)(F)F)c3nc(Cl)ccc3n2)cc1. The van der Waals surface area contributed by atoms with E-state index in [1.165, 1.54) is 36.4 Å². The topological polar surface area (TPSA) is 123 Å². The van der Waals surface area contributed by atoms with Crippen LogP contribution < -0.4 is 15.8 Å². The van der Waals surface area contributed by atoms with Gasteiger partial charge in [-0.2, -0.15) is 18.2 Å². The van der Waals surface area contributed by atoms with Gasteiger partial charge in [0.2, 0.25) is 16.0 Å². The molecule has 0 saturated heterocycles. The number of nitrogens with one attached hydrogen (secondary N) is 2. The van der Waals surface area contributed by atoms with Crippen LogP contribution in [-0.4, -0.2) is 36.1 Å². The van der Waals surface area contributed by atoms with E-state index in [-0.39, 0.29) is 33.9 Å². The highest BCUT2D eigenvalue weighted by Gasteiger charge is 2.27. The summed E-state index contributed by atoms with van der Waals surface area (Å²) in [5.41, 5.74) is 1.08. The molecule has 0 fully saturated rings. The molecule has 0 aliphatic rings. The Bertz CT molecular complexity index is 1140. The van der Waals surface area contributed by atoms with Crippen molar-refractivity contribution in [3.8, 4) is 0 Å². The van der Waals surface area contributed by atoms with Gasteiger partial charge in [-0.15, -0.1) is 0 Å². The molecular weight excluding hydrogens is 433 g/mol. The van der Waals surface area contributed by atoms with E-state index in [1.54, 1.807) is 0 Å². The zero-order chi connectivity index (χ0) is 21.2. The maximum absolute atomic E-state index is 12.6. The summed E-state index contributed by atoms with van der Waals surface area (Å²) in [6.07, 6.45) is -4.45. The molecule has 0 aliphatic heterocycles. The number of nitrogens with zero attached hydrogens (tertiary/aromatic N) is 3. The first kappa shape index (κ1) is 21.0. The van der Waals surface area contributed by atoms with E-state index in [0.717, 1.165) is 0 Å². The summed E-state index contributed by atoms with van der Waals surface area (Å²) in [5, 5.41) is 10.2. The van der Waals surface area contributed by atoms with Crippen molar-refractivity contribution in [1.29, 1.82) is 0 Å². The highest BCUT2D eigenvalue weighted by molar-refractivity contribution is 7.89. The van der Waals surface area contributed by atoms with Gasteiger partial charge in [-0.25, -0.2) is 23.5 Å². The fraction of sp³-hybridized carbons (Fsp3) is 0.188. The molecular formula is C16H14ClF3N6O2S. The third-order valence-electron chi connectivity index (χ3n) is 3.67. The summed E-state index contributed by atoms with van der Waals surface area (Å²) in [6, 6.07) is 8.74. The van der Waals surface area contributed by atoms with Gasteiger partial charge in [0.25, 0.3) is 0 Å². The largest absolute Gasteiger partial charge is 0.405 e. The monoisotopic (exact) mass is 446 g/mol. The summed E-state index contributed by atoms with van der Waals surface area (Å²) in [5.74, 6) is -0.0660. The molecule has 4 N–H and O–H groups in total. The third-order valence-corrected chi connectivity index (χ3v) is 4.81. The number of halogens is 4. The van der Waals surface area contributed by atoms with Crippen LogP contribution in [0.25, 0.3) is 11.0 Å². The minimum absolute atomic E-state index is 0.0372. The smallest absolute Gasteiger partial charge is 0.359 e.